The highest BCUT2D eigenvalue weighted by atomic mass is 19.4. The zero-order valence-corrected chi connectivity index (χ0v) is 17.6. The van der Waals surface area contributed by atoms with Crippen LogP contribution in [0.2, 0.25) is 0 Å². The van der Waals surface area contributed by atoms with Gasteiger partial charge in [0.25, 0.3) is 0 Å². The number of para-hydroxylation sites is 1. The molecule has 0 aliphatic rings. The fraction of sp³-hybridized carbons (Fsp3) is 0.0952. The predicted octanol–water partition coefficient (Wildman–Crippen LogP) is 4.89. The van der Waals surface area contributed by atoms with E-state index in [2.05, 4.69) is 25.3 Å². The van der Waals surface area contributed by atoms with E-state index in [-0.39, 0.29) is 23.4 Å². The highest BCUT2D eigenvalue weighted by Crippen LogP contribution is 2.38. The van der Waals surface area contributed by atoms with Crippen molar-refractivity contribution < 1.29 is 32.0 Å². The van der Waals surface area contributed by atoms with Crippen LogP contribution in [0.15, 0.2) is 48.8 Å². The average molecular weight is 490 g/mol. The summed E-state index contributed by atoms with van der Waals surface area (Å²) in [6.07, 6.45) is -1.87. The van der Waals surface area contributed by atoms with Crippen LogP contribution in [0.5, 0.6) is 5.75 Å². The van der Waals surface area contributed by atoms with Gasteiger partial charge in [0, 0.05) is 41.8 Å². The van der Waals surface area contributed by atoms with E-state index in [1.807, 2.05) is 22.8 Å². The monoisotopic (exact) mass is 490 g/mol. The summed E-state index contributed by atoms with van der Waals surface area (Å²) in [7, 11) is 1.79. The van der Waals surface area contributed by atoms with Gasteiger partial charge in [-0.15, -0.1) is 13.2 Å². The number of nitrogens with zero attached hydrogens (tertiary/aromatic N) is 4. The van der Waals surface area contributed by atoms with Crippen LogP contribution in [0.25, 0.3) is 22.2 Å². The number of halogens is 4. The van der Waals surface area contributed by atoms with E-state index >= 15 is 0 Å². The quantitative estimate of drug-likeness (QED) is 0.164. The Hall–Kier alpha value is -4.75. The summed E-state index contributed by atoms with van der Waals surface area (Å²) in [5.74, 6) is -2.88. The molecular formula is C21H14F4N6O4. The zero-order chi connectivity index (χ0) is 25.3. The van der Waals surface area contributed by atoms with Crippen LogP contribution in [-0.2, 0) is 11.8 Å². The van der Waals surface area contributed by atoms with Gasteiger partial charge >= 0.3 is 12.0 Å². The van der Waals surface area contributed by atoms with Crippen LogP contribution in [0.1, 0.15) is 0 Å². The molecular weight excluding hydrogens is 476 g/mol. The summed E-state index contributed by atoms with van der Waals surface area (Å²) in [5, 5.41) is 16.7. The van der Waals surface area contributed by atoms with Gasteiger partial charge in [0.05, 0.1) is 22.5 Å². The second-order valence-electron chi connectivity index (χ2n) is 7.12. The third-order valence-corrected chi connectivity index (χ3v) is 4.87. The third kappa shape index (κ3) is 4.80. The van der Waals surface area contributed by atoms with E-state index in [0.717, 1.165) is 10.9 Å². The topological polar surface area (TPSA) is 124 Å². The molecule has 0 spiro atoms. The molecule has 180 valence electrons. The first-order valence-corrected chi connectivity index (χ1v) is 9.69. The number of hydrogen-bond donors (Lipinski definition) is 2. The van der Waals surface area contributed by atoms with E-state index in [0.29, 0.717) is 18.0 Å². The Morgan fingerprint density at radius 3 is 2.63 bits per heavy atom. The van der Waals surface area contributed by atoms with Gasteiger partial charge in [-0.25, -0.2) is 9.97 Å². The summed E-state index contributed by atoms with van der Waals surface area (Å²) >= 11 is 0. The van der Waals surface area contributed by atoms with Gasteiger partial charge in [-0.05, 0) is 6.07 Å². The van der Waals surface area contributed by atoms with Crippen LogP contribution < -0.4 is 15.4 Å². The van der Waals surface area contributed by atoms with E-state index < -0.39 is 34.2 Å². The number of amides is 1. The van der Waals surface area contributed by atoms with Crippen molar-refractivity contribution in [1.82, 2.24) is 14.5 Å². The molecule has 0 aliphatic carbocycles. The van der Waals surface area contributed by atoms with Crippen molar-refractivity contribution in [2.75, 3.05) is 10.6 Å². The molecule has 4 rings (SSSR count). The summed E-state index contributed by atoms with van der Waals surface area (Å²) in [6, 6.07) is 8.05. The van der Waals surface area contributed by atoms with Gasteiger partial charge in [0.1, 0.15) is 5.69 Å². The number of anilines is 3. The summed E-state index contributed by atoms with van der Waals surface area (Å²) < 4.78 is 58.1. The van der Waals surface area contributed by atoms with E-state index in [9.17, 15) is 32.5 Å². The molecule has 2 heterocycles. The lowest BCUT2D eigenvalue weighted by atomic mass is 10.1. The highest BCUT2D eigenvalue weighted by molar-refractivity contribution is 5.99. The Morgan fingerprint density at radius 2 is 1.94 bits per heavy atom. The maximum absolute atomic E-state index is 14.0. The molecule has 2 aromatic heterocycles. The van der Waals surface area contributed by atoms with Crippen molar-refractivity contribution in [3.63, 3.8) is 0 Å². The lowest BCUT2D eigenvalue weighted by Gasteiger charge is -2.15. The number of alkyl halides is 3. The second-order valence-corrected chi connectivity index (χ2v) is 7.12. The van der Waals surface area contributed by atoms with Gasteiger partial charge < -0.3 is 19.9 Å². The molecule has 4 aromatic rings. The minimum atomic E-state index is -5.20. The minimum Gasteiger partial charge on any atom is -0.403 e. The number of aryl methyl sites for hydroxylation is 1. The molecule has 0 atom stereocenters. The fourth-order valence-electron chi connectivity index (χ4n) is 3.46. The lowest BCUT2D eigenvalue weighted by Crippen LogP contribution is -2.18. The van der Waals surface area contributed by atoms with Crippen molar-refractivity contribution in [2.24, 2.45) is 7.05 Å². The minimum absolute atomic E-state index is 0.193. The van der Waals surface area contributed by atoms with Crippen molar-refractivity contribution in [2.45, 2.75) is 6.36 Å². The number of benzene rings is 2. The Balaban J connectivity index is 1.84. The summed E-state index contributed by atoms with van der Waals surface area (Å²) in [4.78, 5) is 29.4. The van der Waals surface area contributed by atoms with Crippen LogP contribution in [0.3, 0.4) is 0 Å². The highest BCUT2D eigenvalue weighted by Gasteiger charge is 2.34. The molecule has 2 aromatic carbocycles. The van der Waals surface area contributed by atoms with E-state index in [1.54, 1.807) is 19.3 Å². The summed E-state index contributed by atoms with van der Waals surface area (Å²) in [5.41, 5.74) is 0.114. The van der Waals surface area contributed by atoms with Crippen molar-refractivity contribution >= 4 is 40.3 Å². The molecule has 0 unspecified atom stereocenters. The molecule has 0 saturated carbocycles. The zero-order valence-electron chi connectivity index (χ0n) is 17.6. The Bertz CT molecular complexity index is 1450. The first kappa shape index (κ1) is 23.4. The summed E-state index contributed by atoms with van der Waals surface area (Å²) in [6.45, 7) is 0. The van der Waals surface area contributed by atoms with E-state index in [4.69, 9.17) is 0 Å². The van der Waals surface area contributed by atoms with Crippen LogP contribution in [0.4, 0.5) is 40.6 Å². The lowest BCUT2D eigenvalue weighted by molar-refractivity contribution is -0.387. The maximum atomic E-state index is 14.0. The number of carbonyl (C=O) groups excluding carboxylic acids is 1. The SMILES string of the molecule is Cn1cc(-c2nc(Nc3cc([N+](=O)[O-])c(F)cc3OC(F)(F)F)ncc2NC=O)c2ccccc21. The maximum Gasteiger partial charge on any atom is 0.573 e. The Labute approximate surface area is 193 Å². The van der Waals surface area contributed by atoms with Gasteiger partial charge in [-0.3, -0.25) is 14.9 Å². The molecule has 35 heavy (non-hydrogen) atoms. The number of aromatic nitrogens is 3. The van der Waals surface area contributed by atoms with E-state index in [1.165, 1.54) is 6.20 Å². The number of nitro benzene ring substituents is 1. The third-order valence-electron chi connectivity index (χ3n) is 4.87. The molecule has 0 fully saturated rings. The van der Waals surface area contributed by atoms with Crippen LogP contribution in [-0.4, -0.2) is 32.2 Å². The standard InChI is InChI=1S/C21H14F4N6O4/c1-30-9-12(11-4-2-3-5-16(11)30)19-15(27-10-32)8-26-20(29-19)28-14-7-17(31(33)34)13(22)6-18(14)35-21(23,24)25/h2-10H,1H3,(H,27,32)(H,26,28,29). The average Bonchev–Trinajstić information content (AvgIpc) is 3.12. The fourth-order valence-corrected chi connectivity index (χ4v) is 3.46. The molecule has 2 N–H and O–H groups in total. The molecule has 0 radical (unpaired) electrons. The van der Waals surface area contributed by atoms with Crippen molar-refractivity contribution in [3.05, 3.63) is 64.7 Å². The molecule has 1 amide bonds. The number of nitrogens with one attached hydrogen (secondary N) is 2. The second kappa shape index (κ2) is 8.89. The molecule has 0 aliphatic heterocycles. The number of hydrogen-bond acceptors (Lipinski definition) is 7. The van der Waals surface area contributed by atoms with Gasteiger partial charge in [-0.1, -0.05) is 18.2 Å². The molecule has 10 nitrogen and oxygen atoms in total. The Kier molecular flexibility index (Phi) is 5.94. The molecule has 14 heteroatoms. The Morgan fingerprint density at radius 1 is 1.20 bits per heavy atom. The van der Waals surface area contributed by atoms with Gasteiger partial charge in [-0.2, -0.15) is 4.39 Å². The predicted molar refractivity (Wildman–Crippen MR) is 117 cm³/mol. The molecule has 0 saturated heterocycles. The molecule has 0 bridgehead atoms. The van der Waals surface area contributed by atoms with Crippen LogP contribution >= 0.6 is 0 Å². The first-order valence-electron chi connectivity index (χ1n) is 9.69. The largest absolute Gasteiger partial charge is 0.573 e. The smallest absolute Gasteiger partial charge is 0.403 e. The normalized spacial score (nSPS) is 11.3. The van der Waals surface area contributed by atoms with Gasteiger partial charge in [0.15, 0.2) is 5.75 Å². The van der Waals surface area contributed by atoms with Gasteiger partial charge in [0.2, 0.25) is 18.2 Å². The number of fused-ring (bicyclic) bond motifs is 1. The van der Waals surface area contributed by atoms with Crippen molar-refractivity contribution in [3.8, 4) is 17.0 Å². The number of carbonyl (C=O) groups is 1. The number of rotatable bonds is 7. The number of nitro groups is 1. The number of ether oxygens (including phenoxy) is 1. The van der Waals surface area contributed by atoms with Crippen molar-refractivity contribution in [1.29, 1.82) is 0 Å². The first-order chi connectivity index (χ1) is 16.6. The van der Waals surface area contributed by atoms with Crippen LogP contribution in [0, 0.1) is 15.9 Å².